The van der Waals surface area contributed by atoms with E-state index in [1.54, 1.807) is 11.8 Å². The minimum atomic E-state index is 0.246. The third-order valence-electron chi connectivity index (χ3n) is 1.95. The van der Waals surface area contributed by atoms with Crippen LogP contribution in [0.5, 0.6) is 0 Å². The van der Waals surface area contributed by atoms with Crippen LogP contribution in [0.3, 0.4) is 0 Å². The third kappa shape index (κ3) is 3.60. The van der Waals surface area contributed by atoms with Crippen molar-refractivity contribution >= 4 is 17.4 Å². The van der Waals surface area contributed by atoms with Crippen LogP contribution in [0.25, 0.3) is 0 Å². The first-order valence-corrected chi connectivity index (χ1v) is 5.64. The highest BCUT2D eigenvalue weighted by atomic mass is 32.2. The molecule has 3 heteroatoms. The lowest BCUT2D eigenvalue weighted by molar-refractivity contribution is 0.289. The van der Waals surface area contributed by atoms with Crippen LogP contribution in [0, 0.1) is 6.92 Å². The number of rotatable bonds is 4. The van der Waals surface area contributed by atoms with Gasteiger partial charge in [0.1, 0.15) is 0 Å². The first-order chi connectivity index (χ1) is 6.61. The van der Waals surface area contributed by atoms with Crippen molar-refractivity contribution in [3.05, 3.63) is 23.8 Å². The van der Waals surface area contributed by atoms with E-state index in [-0.39, 0.29) is 6.61 Å². The van der Waals surface area contributed by atoms with Crippen LogP contribution in [0.1, 0.15) is 18.9 Å². The number of thioether (sulfide) groups is 1. The topological polar surface area (TPSA) is 46.2 Å². The van der Waals surface area contributed by atoms with Crippen molar-refractivity contribution in [1.29, 1.82) is 0 Å². The summed E-state index contributed by atoms with van der Waals surface area (Å²) in [6, 6.07) is 6.06. The second-order valence-electron chi connectivity index (χ2n) is 3.52. The molecule has 0 aromatic heterocycles. The second kappa shape index (κ2) is 5.27. The maximum Gasteiger partial charge on any atom is 0.0441 e. The molecule has 0 spiro atoms. The number of nitrogen functional groups attached to an aromatic ring is 1. The summed E-state index contributed by atoms with van der Waals surface area (Å²) < 4.78 is 0. The molecular weight excluding hydrogens is 194 g/mol. The Kier molecular flexibility index (Phi) is 4.29. The van der Waals surface area contributed by atoms with Gasteiger partial charge in [0.05, 0.1) is 0 Å². The molecule has 3 N–H and O–H groups in total. The first kappa shape index (κ1) is 11.4. The number of benzene rings is 1. The maximum atomic E-state index is 8.79. The van der Waals surface area contributed by atoms with E-state index in [9.17, 15) is 0 Å². The zero-order valence-electron chi connectivity index (χ0n) is 8.66. The summed E-state index contributed by atoms with van der Waals surface area (Å²) in [7, 11) is 0. The van der Waals surface area contributed by atoms with E-state index in [4.69, 9.17) is 10.8 Å². The summed E-state index contributed by atoms with van der Waals surface area (Å²) in [6.07, 6.45) is 0.818. The van der Waals surface area contributed by atoms with Crippen molar-refractivity contribution in [2.24, 2.45) is 0 Å². The molecule has 0 aliphatic heterocycles. The van der Waals surface area contributed by atoms with Gasteiger partial charge in [0.15, 0.2) is 0 Å². The Bertz CT molecular complexity index is 281. The standard InChI is InChI=1S/C11H17NOS/c1-8-5-10(12)7-11(6-8)14-9(2)3-4-13/h5-7,9,13H,3-4,12H2,1-2H3. The number of aliphatic hydroxyl groups excluding tert-OH is 1. The summed E-state index contributed by atoms with van der Waals surface area (Å²) >= 11 is 1.76. The Morgan fingerprint density at radius 1 is 1.43 bits per heavy atom. The Morgan fingerprint density at radius 2 is 2.14 bits per heavy atom. The monoisotopic (exact) mass is 211 g/mol. The van der Waals surface area contributed by atoms with Gasteiger partial charge in [0.25, 0.3) is 0 Å². The molecule has 0 radical (unpaired) electrons. The van der Waals surface area contributed by atoms with E-state index in [1.807, 2.05) is 19.1 Å². The predicted octanol–water partition coefficient (Wildman–Crippen LogP) is 2.44. The largest absolute Gasteiger partial charge is 0.399 e. The van der Waals surface area contributed by atoms with Crippen molar-refractivity contribution in [1.82, 2.24) is 0 Å². The van der Waals surface area contributed by atoms with Crippen molar-refractivity contribution in [2.45, 2.75) is 30.4 Å². The van der Waals surface area contributed by atoms with Crippen LogP contribution >= 0.6 is 11.8 Å². The minimum absolute atomic E-state index is 0.246. The molecule has 1 rings (SSSR count). The fraction of sp³-hybridized carbons (Fsp3) is 0.455. The fourth-order valence-electron chi connectivity index (χ4n) is 1.32. The number of aliphatic hydroxyl groups is 1. The molecule has 1 aromatic rings. The molecule has 0 fully saturated rings. The molecule has 2 nitrogen and oxygen atoms in total. The van der Waals surface area contributed by atoms with Crippen LogP contribution in [0.15, 0.2) is 23.1 Å². The second-order valence-corrected chi connectivity index (χ2v) is 5.03. The van der Waals surface area contributed by atoms with E-state index in [0.717, 1.165) is 12.1 Å². The van der Waals surface area contributed by atoms with Gasteiger partial charge in [-0.2, -0.15) is 0 Å². The molecule has 0 saturated heterocycles. The Morgan fingerprint density at radius 3 is 2.71 bits per heavy atom. The Hall–Kier alpha value is -0.670. The lowest BCUT2D eigenvalue weighted by Gasteiger charge is -2.10. The molecular formula is C11H17NOS. The van der Waals surface area contributed by atoms with Crippen LogP contribution in [-0.4, -0.2) is 17.0 Å². The van der Waals surface area contributed by atoms with Gasteiger partial charge in [0.2, 0.25) is 0 Å². The molecule has 1 aromatic carbocycles. The van der Waals surface area contributed by atoms with Gasteiger partial charge in [-0.3, -0.25) is 0 Å². The zero-order chi connectivity index (χ0) is 10.6. The van der Waals surface area contributed by atoms with Gasteiger partial charge in [-0.15, -0.1) is 11.8 Å². The van der Waals surface area contributed by atoms with Gasteiger partial charge < -0.3 is 10.8 Å². The lowest BCUT2D eigenvalue weighted by atomic mass is 10.2. The summed E-state index contributed by atoms with van der Waals surface area (Å²) in [4.78, 5) is 1.18. The van der Waals surface area contributed by atoms with Gasteiger partial charge >= 0.3 is 0 Å². The predicted molar refractivity (Wildman–Crippen MR) is 62.6 cm³/mol. The number of anilines is 1. The lowest BCUT2D eigenvalue weighted by Crippen LogP contribution is -1.99. The quantitative estimate of drug-likeness (QED) is 0.594. The highest BCUT2D eigenvalue weighted by Gasteiger charge is 2.04. The third-order valence-corrected chi connectivity index (χ3v) is 3.09. The van der Waals surface area contributed by atoms with E-state index in [0.29, 0.717) is 5.25 Å². The van der Waals surface area contributed by atoms with E-state index < -0.39 is 0 Å². The fourth-order valence-corrected chi connectivity index (χ4v) is 2.46. The molecule has 0 aliphatic rings. The van der Waals surface area contributed by atoms with E-state index >= 15 is 0 Å². The smallest absolute Gasteiger partial charge is 0.0441 e. The van der Waals surface area contributed by atoms with Crippen LogP contribution < -0.4 is 5.73 Å². The van der Waals surface area contributed by atoms with Gasteiger partial charge in [-0.1, -0.05) is 6.92 Å². The van der Waals surface area contributed by atoms with Gasteiger partial charge in [0, 0.05) is 22.4 Å². The molecule has 0 aliphatic carbocycles. The number of hydrogen-bond acceptors (Lipinski definition) is 3. The number of nitrogens with two attached hydrogens (primary N) is 1. The van der Waals surface area contributed by atoms with Crippen molar-refractivity contribution in [2.75, 3.05) is 12.3 Å². The molecule has 1 unspecified atom stereocenters. The highest BCUT2D eigenvalue weighted by Crippen LogP contribution is 2.27. The average Bonchev–Trinajstić information content (AvgIpc) is 2.01. The van der Waals surface area contributed by atoms with Gasteiger partial charge in [-0.25, -0.2) is 0 Å². The molecule has 0 bridgehead atoms. The van der Waals surface area contributed by atoms with Gasteiger partial charge in [-0.05, 0) is 37.1 Å². The van der Waals surface area contributed by atoms with Crippen molar-refractivity contribution < 1.29 is 5.11 Å². The molecule has 1 atom stereocenters. The summed E-state index contributed by atoms with van der Waals surface area (Å²) in [5.41, 5.74) is 7.74. The summed E-state index contributed by atoms with van der Waals surface area (Å²) in [5.74, 6) is 0. The zero-order valence-corrected chi connectivity index (χ0v) is 9.47. The average molecular weight is 211 g/mol. The summed E-state index contributed by atoms with van der Waals surface area (Å²) in [6.45, 7) is 4.39. The molecule has 78 valence electrons. The van der Waals surface area contributed by atoms with Crippen LogP contribution in [0.4, 0.5) is 5.69 Å². The normalized spacial score (nSPS) is 12.8. The molecule has 0 amide bonds. The molecule has 0 saturated carbocycles. The minimum Gasteiger partial charge on any atom is -0.399 e. The van der Waals surface area contributed by atoms with Crippen molar-refractivity contribution in [3.8, 4) is 0 Å². The van der Waals surface area contributed by atoms with Crippen LogP contribution in [0.2, 0.25) is 0 Å². The number of hydrogen-bond donors (Lipinski definition) is 2. The first-order valence-electron chi connectivity index (χ1n) is 4.76. The van der Waals surface area contributed by atoms with E-state index in [2.05, 4.69) is 13.0 Å². The number of aryl methyl sites for hydroxylation is 1. The van der Waals surface area contributed by atoms with E-state index in [1.165, 1.54) is 10.5 Å². The molecule has 0 heterocycles. The molecule has 14 heavy (non-hydrogen) atoms. The Balaban J connectivity index is 2.66. The Labute approximate surface area is 89.5 Å². The van der Waals surface area contributed by atoms with Crippen molar-refractivity contribution in [3.63, 3.8) is 0 Å². The maximum absolute atomic E-state index is 8.79. The van der Waals surface area contributed by atoms with Crippen LogP contribution in [-0.2, 0) is 0 Å². The SMILES string of the molecule is Cc1cc(N)cc(SC(C)CCO)c1. The highest BCUT2D eigenvalue weighted by molar-refractivity contribution is 7.99. The summed E-state index contributed by atoms with van der Waals surface area (Å²) in [5, 5.41) is 9.22.